The highest BCUT2D eigenvalue weighted by atomic mass is 32.2. The molecule has 1 heterocycles. The van der Waals surface area contributed by atoms with Crippen molar-refractivity contribution in [3.63, 3.8) is 0 Å². The molecule has 3 aromatic rings. The quantitative estimate of drug-likeness (QED) is 0.439. The summed E-state index contributed by atoms with van der Waals surface area (Å²) >= 11 is 1.53. The van der Waals surface area contributed by atoms with Gasteiger partial charge in [-0.1, -0.05) is 41.6 Å². The molecule has 0 saturated carbocycles. The molecule has 0 fully saturated rings. The third-order valence-corrected chi connectivity index (χ3v) is 6.69. The Balaban J connectivity index is 1.59. The fraction of sp³-hybridized carbons (Fsp3) is 0.211. The van der Waals surface area contributed by atoms with E-state index in [1.807, 2.05) is 30.7 Å². The van der Waals surface area contributed by atoms with E-state index >= 15 is 0 Å². The predicted molar refractivity (Wildman–Crippen MR) is 111 cm³/mol. The standard InChI is InChI=1S/C19H21N5O3S2/c1-13-4-9-17(14(2)10-13)29(26,27)23-21-18(25)16-7-5-15(6-8-16)11-28-19-22-20-12-24(19)3/h4-10,12,23H,11H2,1-3H3,(H,21,25). The molecule has 0 atom stereocenters. The van der Waals surface area contributed by atoms with Gasteiger partial charge in [-0.15, -0.1) is 15.0 Å². The van der Waals surface area contributed by atoms with Crippen molar-refractivity contribution in [2.24, 2.45) is 7.05 Å². The Labute approximate surface area is 173 Å². The van der Waals surface area contributed by atoms with Crippen molar-refractivity contribution >= 4 is 27.7 Å². The lowest BCUT2D eigenvalue weighted by atomic mass is 10.1. The number of nitrogens with zero attached hydrogens (tertiary/aromatic N) is 3. The molecular formula is C19H21N5O3S2. The molecule has 152 valence electrons. The van der Waals surface area contributed by atoms with Crippen LogP contribution in [-0.2, 0) is 22.8 Å². The number of rotatable bonds is 7. The van der Waals surface area contributed by atoms with Gasteiger partial charge in [-0.05, 0) is 43.2 Å². The van der Waals surface area contributed by atoms with E-state index in [1.54, 1.807) is 37.5 Å². The predicted octanol–water partition coefficient (Wildman–Crippen LogP) is 2.35. The molecule has 0 bridgehead atoms. The minimum Gasteiger partial charge on any atom is -0.312 e. The van der Waals surface area contributed by atoms with Gasteiger partial charge in [0.05, 0.1) is 4.90 Å². The van der Waals surface area contributed by atoms with Crippen LogP contribution in [0.3, 0.4) is 0 Å². The van der Waals surface area contributed by atoms with Crippen molar-refractivity contribution < 1.29 is 13.2 Å². The molecule has 10 heteroatoms. The van der Waals surface area contributed by atoms with E-state index in [2.05, 4.69) is 20.5 Å². The van der Waals surface area contributed by atoms with Crippen LogP contribution < -0.4 is 10.3 Å². The van der Waals surface area contributed by atoms with Gasteiger partial charge < -0.3 is 4.57 Å². The summed E-state index contributed by atoms with van der Waals surface area (Å²) in [4.78, 5) is 14.6. The molecule has 2 aromatic carbocycles. The first-order valence-electron chi connectivity index (χ1n) is 8.71. The summed E-state index contributed by atoms with van der Waals surface area (Å²) in [6, 6.07) is 11.9. The second-order valence-corrected chi connectivity index (χ2v) is 9.13. The van der Waals surface area contributed by atoms with Gasteiger partial charge >= 0.3 is 0 Å². The highest BCUT2D eigenvalue weighted by Gasteiger charge is 2.18. The van der Waals surface area contributed by atoms with Crippen LogP contribution in [0.2, 0.25) is 0 Å². The van der Waals surface area contributed by atoms with E-state index in [0.29, 0.717) is 16.9 Å². The molecular weight excluding hydrogens is 410 g/mol. The van der Waals surface area contributed by atoms with Crippen molar-refractivity contribution in [3.8, 4) is 0 Å². The average molecular weight is 432 g/mol. The number of amides is 1. The summed E-state index contributed by atoms with van der Waals surface area (Å²) in [6.45, 7) is 3.59. The lowest BCUT2D eigenvalue weighted by Gasteiger charge is -2.11. The van der Waals surface area contributed by atoms with Crippen LogP contribution >= 0.6 is 11.8 Å². The molecule has 0 unspecified atom stereocenters. The SMILES string of the molecule is Cc1ccc(S(=O)(=O)NNC(=O)c2ccc(CSc3nncn3C)cc2)c(C)c1. The molecule has 8 nitrogen and oxygen atoms in total. The highest BCUT2D eigenvalue weighted by Crippen LogP contribution is 2.20. The second-order valence-electron chi connectivity index (χ2n) is 6.54. The van der Waals surface area contributed by atoms with Gasteiger partial charge in [-0.25, -0.2) is 8.42 Å². The van der Waals surface area contributed by atoms with Crippen molar-refractivity contribution in [1.82, 2.24) is 25.0 Å². The maximum atomic E-state index is 12.4. The van der Waals surface area contributed by atoms with Crippen LogP contribution in [0.4, 0.5) is 0 Å². The number of hydrogen-bond acceptors (Lipinski definition) is 6. The lowest BCUT2D eigenvalue weighted by molar-refractivity contribution is 0.0945. The Hall–Kier alpha value is -2.69. The first-order valence-corrected chi connectivity index (χ1v) is 11.2. The highest BCUT2D eigenvalue weighted by molar-refractivity contribution is 7.98. The molecule has 1 aromatic heterocycles. The van der Waals surface area contributed by atoms with E-state index in [0.717, 1.165) is 16.3 Å². The Morgan fingerprint density at radius 1 is 1.14 bits per heavy atom. The molecule has 0 radical (unpaired) electrons. The van der Waals surface area contributed by atoms with E-state index in [4.69, 9.17) is 0 Å². The van der Waals surface area contributed by atoms with Gasteiger partial charge in [-0.3, -0.25) is 10.2 Å². The Kier molecular flexibility index (Phi) is 6.36. The molecule has 1 amide bonds. The van der Waals surface area contributed by atoms with Crippen LogP contribution in [-0.4, -0.2) is 29.1 Å². The maximum Gasteiger partial charge on any atom is 0.266 e. The first kappa shape index (κ1) is 21.0. The number of aromatic nitrogens is 3. The number of thioether (sulfide) groups is 1. The van der Waals surface area contributed by atoms with Crippen molar-refractivity contribution in [2.45, 2.75) is 29.7 Å². The molecule has 3 rings (SSSR count). The number of aryl methyl sites for hydroxylation is 3. The molecule has 0 saturated heterocycles. The monoisotopic (exact) mass is 431 g/mol. The minimum absolute atomic E-state index is 0.125. The third-order valence-electron chi connectivity index (χ3n) is 4.17. The number of hydrazine groups is 1. The molecule has 29 heavy (non-hydrogen) atoms. The van der Waals surface area contributed by atoms with Crippen molar-refractivity contribution in [1.29, 1.82) is 0 Å². The average Bonchev–Trinajstić information content (AvgIpc) is 3.09. The number of sulfonamides is 1. The largest absolute Gasteiger partial charge is 0.312 e. The number of carbonyl (C=O) groups excluding carboxylic acids is 1. The number of benzene rings is 2. The zero-order valence-corrected chi connectivity index (χ0v) is 17.8. The summed E-state index contributed by atoms with van der Waals surface area (Å²) < 4.78 is 26.7. The van der Waals surface area contributed by atoms with Crippen LogP contribution in [0.1, 0.15) is 27.0 Å². The van der Waals surface area contributed by atoms with E-state index < -0.39 is 15.9 Å². The zero-order valence-electron chi connectivity index (χ0n) is 16.2. The van der Waals surface area contributed by atoms with E-state index in [-0.39, 0.29) is 4.90 Å². The van der Waals surface area contributed by atoms with Gasteiger partial charge in [0.2, 0.25) is 0 Å². The fourth-order valence-electron chi connectivity index (χ4n) is 2.65. The summed E-state index contributed by atoms with van der Waals surface area (Å²) in [5, 5.41) is 8.63. The van der Waals surface area contributed by atoms with Crippen LogP contribution in [0.5, 0.6) is 0 Å². The van der Waals surface area contributed by atoms with Gasteiger partial charge in [0.15, 0.2) is 5.16 Å². The number of hydrogen-bond donors (Lipinski definition) is 2. The normalized spacial score (nSPS) is 11.4. The van der Waals surface area contributed by atoms with Gasteiger partial charge in [0.25, 0.3) is 15.9 Å². The van der Waals surface area contributed by atoms with E-state index in [9.17, 15) is 13.2 Å². The minimum atomic E-state index is -3.86. The smallest absolute Gasteiger partial charge is 0.266 e. The molecule has 0 spiro atoms. The van der Waals surface area contributed by atoms with Crippen molar-refractivity contribution in [3.05, 3.63) is 71.0 Å². The van der Waals surface area contributed by atoms with Gasteiger partial charge in [-0.2, -0.15) is 0 Å². The number of carbonyl (C=O) groups is 1. The summed E-state index contributed by atoms with van der Waals surface area (Å²) in [5.41, 5.74) is 5.18. The Bertz CT molecular complexity index is 1130. The zero-order chi connectivity index (χ0) is 21.0. The van der Waals surface area contributed by atoms with Crippen LogP contribution in [0.25, 0.3) is 0 Å². The van der Waals surface area contributed by atoms with Crippen LogP contribution in [0.15, 0.2) is 58.8 Å². The Morgan fingerprint density at radius 3 is 2.48 bits per heavy atom. The summed E-state index contributed by atoms with van der Waals surface area (Å²) in [6.07, 6.45) is 1.63. The maximum absolute atomic E-state index is 12.4. The van der Waals surface area contributed by atoms with Gasteiger partial charge in [0, 0.05) is 18.4 Å². The lowest BCUT2D eigenvalue weighted by Crippen LogP contribution is -2.41. The summed E-state index contributed by atoms with van der Waals surface area (Å²) in [5.74, 6) is 0.138. The third kappa shape index (κ3) is 5.22. The fourth-order valence-corrected chi connectivity index (χ4v) is 4.56. The number of nitrogens with one attached hydrogen (secondary N) is 2. The molecule has 0 aliphatic rings. The topological polar surface area (TPSA) is 106 Å². The summed E-state index contributed by atoms with van der Waals surface area (Å²) in [7, 11) is -1.99. The van der Waals surface area contributed by atoms with Crippen molar-refractivity contribution in [2.75, 3.05) is 0 Å². The van der Waals surface area contributed by atoms with E-state index in [1.165, 1.54) is 17.8 Å². The second kappa shape index (κ2) is 8.76. The Morgan fingerprint density at radius 2 is 1.86 bits per heavy atom. The molecule has 0 aliphatic carbocycles. The molecule has 2 N–H and O–H groups in total. The molecule has 0 aliphatic heterocycles. The van der Waals surface area contributed by atoms with Crippen LogP contribution in [0, 0.1) is 13.8 Å². The first-order chi connectivity index (χ1) is 13.8. The van der Waals surface area contributed by atoms with Gasteiger partial charge in [0.1, 0.15) is 6.33 Å².